The summed E-state index contributed by atoms with van der Waals surface area (Å²) < 4.78 is 11.3. The number of anilines is 1. The first-order valence-electron chi connectivity index (χ1n) is 10.5. The molecule has 0 spiro atoms. The molecule has 4 rings (SSSR count). The molecule has 8 heteroatoms. The molecule has 3 aromatic carbocycles. The second-order valence-corrected chi connectivity index (χ2v) is 9.07. The molecular weight excluding hydrogens is 468 g/mol. The molecule has 0 unspecified atom stereocenters. The number of thiocarbonyl (C=S) groups is 1. The number of carbonyl (C=O) groups excluding carboxylic acids is 2. The van der Waals surface area contributed by atoms with Crippen molar-refractivity contribution in [3.63, 3.8) is 0 Å². The molecule has 2 amide bonds. The lowest BCUT2D eigenvalue weighted by molar-refractivity contribution is -0.126. The van der Waals surface area contributed by atoms with Crippen LogP contribution in [0.4, 0.5) is 5.69 Å². The molecule has 0 bridgehead atoms. The number of amides is 2. The van der Waals surface area contributed by atoms with Crippen LogP contribution in [0.3, 0.4) is 0 Å². The Labute approximate surface area is 207 Å². The van der Waals surface area contributed by atoms with E-state index < -0.39 is 0 Å². The molecule has 0 atom stereocenters. The van der Waals surface area contributed by atoms with Gasteiger partial charge in [-0.3, -0.25) is 14.5 Å². The number of thioether (sulfide) groups is 1. The fourth-order valence-electron chi connectivity index (χ4n) is 3.24. The van der Waals surface area contributed by atoms with Gasteiger partial charge in [0.05, 0.1) is 12.0 Å². The molecule has 0 saturated carbocycles. The van der Waals surface area contributed by atoms with Gasteiger partial charge in [0, 0.05) is 5.69 Å². The molecule has 0 radical (unpaired) electrons. The maximum atomic E-state index is 12.9. The molecule has 1 heterocycles. The number of nitrogens with one attached hydrogen (secondary N) is 1. The van der Waals surface area contributed by atoms with Crippen LogP contribution in [0, 0.1) is 0 Å². The fourth-order valence-corrected chi connectivity index (χ4v) is 4.50. The van der Waals surface area contributed by atoms with Crippen molar-refractivity contribution in [2.75, 3.05) is 19.0 Å². The fraction of sp³-hybridized carbons (Fsp3) is 0.115. The first-order chi connectivity index (χ1) is 16.5. The minimum absolute atomic E-state index is 0.158. The molecular formula is C26H22N2O4S2. The zero-order valence-corrected chi connectivity index (χ0v) is 20.0. The largest absolute Gasteiger partial charge is 0.497 e. The number of hydrogen-bond donors (Lipinski definition) is 1. The van der Waals surface area contributed by atoms with Gasteiger partial charge in [0.1, 0.15) is 29.0 Å². The Morgan fingerprint density at radius 3 is 2.53 bits per heavy atom. The standard InChI is InChI=1S/C26H22N2O4S2/c1-31-21-12-10-20(11-13-21)27-24(29)16-28-25(30)23(34-26(28)33)15-19-8-5-9-22(14-19)32-17-18-6-3-2-4-7-18/h2-15H,16-17H2,1H3,(H,27,29)/b23-15-. The third-order valence-electron chi connectivity index (χ3n) is 4.95. The number of hydrogen-bond acceptors (Lipinski definition) is 6. The van der Waals surface area contributed by atoms with Crippen LogP contribution >= 0.6 is 24.0 Å². The Morgan fingerprint density at radius 2 is 1.79 bits per heavy atom. The van der Waals surface area contributed by atoms with Gasteiger partial charge in [-0.1, -0.05) is 66.4 Å². The lowest BCUT2D eigenvalue weighted by Crippen LogP contribution is -2.36. The predicted molar refractivity (Wildman–Crippen MR) is 139 cm³/mol. The molecule has 1 saturated heterocycles. The number of rotatable bonds is 8. The molecule has 1 aliphatic heterocycles. The first kappa shape index (κ1) is 23.5. The minimum Gasteiger partial charge on any atom is -0.497 e. The van der Waals surface area contributed by atoms with Crippen LogP contribution in [0.2, 0.25) is 0 Å². The monoisotopic (exact) mass is 490 g/mol. The topological polar surface area (TPSA) is 67.9 Å². The van der Waals surface area contributed by atoms with Crippen LogP contribution in [0.25, 0.3) is 6.08 Å². The Bertz CT molecular complexity index is 1230. The van der Waals surface area contributed by atoms with E-state index in [4.69, 9.17) is 21.7 Å². The molecule has 1 aliphatic rings. The van der Waals surface area contributed by atoms with Crippen LogP contribution in [0.15, 0.2) is 83.8 Å². The van der Waals surface area contributed by atoms with Gasteiger partial charge in [0.25, 0.3) is 5.91 Å². The lowest BCUT2D eigenvalue weighted by Gasteiger charge is -2.14. The van der Waals surface area contributed by atoms with E-state index in [0.29, 0.717) is 33.0 Å². The van der Waals surface area contributed by atoms with Crippen LogP contribution in [-0.2, 0) is 16.2 Å². The molecule has 0 aromatic heterocycles. The maximum absolute atomic E-state index is 12.9. The summed E-state index contributed by atoms with van der Waals surface area (Å²) in [5, 5.41) is 2.77. The van der Waals surface area contributed by atoms with Crippen molar-refractivity contribution in [2.24, 2.45) is 0 Å². The summed E-state index contributed by atoms with van der Waals surface area (Å²) in [5.41, 5.74) is 2.49. The minimum atomic E-state index is -0.334. The van der Waals surface area contributed by atoms with Gasteiger partial charge in [-0.05, 0) is 53.6 Å². The summed E-state index contributed by atoms with van der Waals surface area (Å²) in [5.74, 6) is 0.760. The number of carbonyl (C=O) groups is 2. The number of methoxy groups -OCH3 is 1. The quantitative estimate of drug-likeness (QED) is 0.349. The summed E-state index contributed by atoms with van der Waals surface area (Å²) in [6.07, 6.45) is 1.76. The van der Waals surface area contributed by atoms with Gasteiger partial charge in [-0.2, -0.15) is 0 Å². The van der Waals surface area contributed by atoms with Crippen molar-refractivity contribution in [2.45, 2.75) is 6.61 Å². The van der Waals surface area contributed by atoms with E-state index >= 15 is 0 Å². The lowest BCUT2D eigenvalue weighted by atomic mass is 10.2. The summed E-state index contributed by atoms with van der Waals surface area (Å²) >= 11 is 6.53. The van der Waals surface area contributed by atoms with E-state index in [0.717, 1.165) is 11.1 Å². The van der Waals surface area contributed by atoms with Crippen molar-refractivity contribution in [3.05, 3.63) is 94.9 Å². The van der Waals surface area contributed by atoms with E-state index in [1.165, 1.54) is 16.7 Å². The van der Waals surface area contributed by atoms with E-state index in [2.05, 4.69) is 5.32 Å². The summed E-state index contributed by atoms with van der Waals surface area (Å²) in [6.45, 7) is 0.296. The van der Waals surface area contributed by atoms with E-state index in [-0.39, 0.29) is 18.4 Å². The molecule has 6 nitrogen and oxygen atoms in total. The Kier molecular flexibility index (Phi) is 7.61. The highest BCUT2D eigenvalue weighted by atomic mass is 32.2. The summed E-state index contributed by atoms with van der Waals surface area (Å²) in [6, 6.07) is 24.3. The molecule has 34 heavy (non-hydrogen) atoms. The van der Waals surface area contributed by atoms with Crippen molar-refractivity contribution in [3.8, 4) is 11.5 Å². The molecule has 1 N–H and O–H groups in total. The highest BCUT2D eigenvalue weighted by molar-refractivity contribution is 8.26. The van der Waals surface area contributed by atoms with Crippen molar-refractivity contribution in [1.82, 2.24) is 4.90 Å². The van der Waals surface area contributed by atoms with E-state index in [9.17, 15) is 9.59 Å². The average Bonchev–Trinajstić information content (AvgIpc) is 3.11. The molecule has 1 fully saturated rings. The van der Waals surface area contributed by atoms with E-state index in [1.54, 1.807) is 37.5 Å². The zero-order valence-electron chi connectivity index (χ0n) is 18.4. The van der Waals surface area contributed by atoms with Crippen molar-refractivity contribution in [1.29, 1.82) is 0 Å². The second-order valence-electron chi connectivity index (χ2n) is 7.39. The average molecular weight is 491 g/mol. The third-order valence-corrected chi connectivity index (χ3v) is 6.33. The SMILES string of the molecule is COc1ccc(NC(=O)CN2C(=O)/C(=C/c3cccc(OCc4ccccc4)c3)SC2=S)cc1. The highest BCUT2D eigenvalue weighted by Gasteiger charge is 2.33. The van der Waals surface area contributed by atoms with Crippen LogP contribution in [0.5, 0.6) is 11.5 Å². The molecule has 3 aromatic rings. The maximum Gasteiger partial charge on any atom is 0.266 e. The number of nitrogens with zero attached hydrogens (tertiary/aromatic N) is 1. The number of benzene rings is 3. The first-order valence-corrected chi connectivity index (χ1v) is 11.7. The van der Waals surface area contributed by atoms with Gasteiger partial charge >= 0.3 is 0 Å². The molecule has 0 aliphatic carbocycles. The smallest absolute Gasteiger partial charge is 0.266 e. The van der Waals surface area contributed by atoms with Gasteiger partial charge in [0.2, 0.25) is 5.91 Å². The van der Waals surface area contributed by atoms with Gasteiger partial charge < -0.3 is 14.8 Å². The van der Waals surface area contributed by atoms with Gasteiger partial charge in [-0.25, -0.2) is 0 Å². The van der Waals surface area contributed by atoms with Crippen molar-refractivity contribution < 1.29 is 19.1 Å². The van der Waals surface area contributed by atoms with Gasteiger partial charge in [0.15, 0.2) is 0 Å². The normalized spacial score (nSPS) is 14.4. The Balaban J connectivity index is 1.38. The highest BCUT2D eigenvalue weighted by Crippen LogP contribution is 2.33. The van der Waals surface area contributed by atoms with Crippen LogP contribution in [-0.4, -0.2) is 34.7 Å². The van der Waals surface area contributed by atoms with Gasteiger partial charge in [-0.15, -0.1) is 0 Å². The van der Waals surface area contributed by atoms with Crippen molar-refractivity contribution >= 4 is 51.9 Å². The summed E-state index contributed by atoms with van der Waals surface area (Å²) in [7, 11) is 1.57. The van der Waals surface area contributed by atoms with E-state index in [1.807, 2.05) is 54.6 Å². The Morgan fingerprint density at radius 1 is 1.03 bits per heavy atom. The summed E-state index contributed by atoms with van der Waals surface area (Å²) in [4.78, 5) is 27.1. The third kappa shape index (κ3) is 6.03. The molecule has 172 valence electrons. The Hall–Kier alpha value is -3.62. The van der Waals surface area contributed by atoms with Crippen LogP contribution in [0.1, 0.15) is 11.1 Å². The number of ether oxygens (including phenoxy) is 2. The predicted octanol–water partition coefficient (Wildman–Crippen LogP) is 5.11. The second kappa shape index (κ2) is 11.0. The zero-order chi connectivity index (χ0) is 23.9. The van der Waals surface area contributed by atoms with Crippen LogP contribution < -0.4 is 14.8 Å².